The van der Waals surface area contributed by atoms with Crippen molar-refractivity contribution in [1.82, 2.24) is 0 Å². The number of carboxylic acid groups (broad SMARTS) is 1. The Hall–Kier alpha value is -1.67. The van der Waals surface area contributed by atoms with E-state index in [1.165, 1.54) is 0 Å². The van der Waals surface area contributed by atoms with Crippen LogP contribution in [0, 0.1) is 17.2 Å². The van der Waals surface area contributed by atoms with Crippen molar-refractivity contribution in [3.8, 4) is 6.07 Å². The van der Waals surface area contributed by atoms with Gasteiger partial charge < -0.3 is 10.4 Å². The molecule has 0 aliphatic heterocycles. The molecule has 0 radical (unpaired) electrons. The van der Waals surface area contributed by atoms with Crippen LogP contribution in [0.2, 0.25) is 0 Å². The van der Waals surface area contributed by atoms with Crippen LogP contribution in [0.5, 0.6) is 0 Å². The maximum atomic E-state index is 10.8. The molecule has 1 aromatic carbocycles. The highest BCUT2D eigenvalue weighted by Crippen LogP contribution is 2.27. The molecule has 0 heterocycles. The maximum Gasteiger partial charge on any atom is 0.306 e. The molecule has 0 aliphatic rings. The maximum absolute atomic E-state index is 10.8. The van der Waals surface area contributed by atoms with Gasteiger partial charge in [-0.25, -0.2) is 0 Å². The first-order valence-corrected chi connectivity index (χ1v) is 8.28. The lowest BCUT2D eigenvalue weighted by Gasteiger charge is -2.17. The first kappa shape index (κ1) is 17.4. The summed E-state index contributed by atoms with van der Waals surface area (Å²) in [6, 6.07) is 8.24. The zero-order valence-corrected chi connectivity index (χ0v) is 13.5. The monoisotopic (exact) mass is 306 g/mol. The van der Waals surface area contributed by atoms with E-state index in [0.717, 1.165) is 23.4 Å². The van der Waals surface area contributed by atoms with E-state index in [1.807, 2.05) is 24.5 Å². The van der Waals surface area contributed by atoms with Crippen molar-refractivity contribution in [2.45, 2.75) is 44.0 Å². The molecule has 4 nitrogen and oxygen atoms in total. The molecule has 0 saturated carbocycles. The minimum atomic E-state index is -0.741. The second-order valence-electron chi connectivity index (χ2n) is 5.21. The van der Waals surface area contributed by atoms with Crippen LogP contribution in [0.3, 0.4) is 0 Å². The Morgan fingerprint density at radius 2 is 2.14 bits per heavy atom. The number of carboxylic acids is 1. The van der Waals surface area contributed by atoms with Gasteiger partial charge in [-0.3, -0.25) is 4.79 Å². The Morgan fingerprint density at radius 3 is 2.71 bits per heavy atom. The van der Waals surface area contributed by atoms with Gasteiger partial charge in [0.1, 0.15) is 6.07 Å². The first-order chi connectivity index (χ1) is 9.99. The summed E-state index contributed by atoms with van der Waals surface area (Å²) >= 11 is 1.56. The quantitative estimate of drug-likeness (QED) is 0.711. The predicted molar refractivity (Wildman–Crippen MR) is 86.7 cm³/mol. The fraction of sp³-hybridized carbons (Fsp3) is 0.500. The smallest absolute Gasteiger partial charge is 0.306 e. The van der Waals surface area contributed by atoms with Crippen molar-refractivity contribution in [3.63, 3.8) is 0 Å². The molecule has 0 amide bonds. The third kappa shape index (κ3) is 5.31. The number of aliphatic carboxylic acids is 1. The fourth-order valence-corrected chi connectivity index (χ4v) is 2.70. The molecule has 0 spiro atoms. The van der Waals surface area contributed by atoms with Crippen molar-refractivity contribution in [3.05, 3.63) is 23.8 Å². The van der Waals surface area contributed by atoms with Gasteiger partial charge in [0.25, 0.3) is 0 Å². The van der Waals surface area contributed by atoms with Crippen LogP contribution in [-0.2, 0) is 4.79 Å². The number of nitriles is 1. The number of hydrogen-bond acceptors (Lipinski definition) is 4. The minimum absolute atomic E-state index is 0.204. The summed E-state index contributed by atoms with van der Waals surface area (Å²) in [7, 11) is 0. The molecule has 2 unspecified atom stereocenters. The van der Waals surface area contributed by atoms with E-state index >= 15 is 0 Å². The van der Waals surface area contributed by atoms with Crippen LogP contribution in [0.1, 0.15) is 38.7 Å². The molecular formula is C16H22N2O2S. The first-order valence-electron chi connectivity index (χ1n) is 7.06. The lowest BCUT2D eigenvalue weighted by molar-refractivity contribution is -0.141. The molecule has 0 aliphatic carbocycles. The van der Waals surface area contributed by atoms with Crippen LogP contribution in [0.15, 0.2) is 23.1 Å². The van der Waals surface area contributed by atoms with Crippen molar-refractivity contribution in [2.75, 3.05) is 11.6 Å². The van der Waals surface area contributed by atoms with Gasteiger partial charge in [-0.05, 0) is 38.2 Å². The highest BCUT2D eigenvalue weighted by Gasteiger charge is 2.13. The van der Waals surface area contributed by atoms with E-state index in [1.54, 1.807) is 18.7 Å². The lowest BCUT2D eigenvalue weighted by atomic mass is 10.0. The number of hydrogen-bond donors (Lipinski definition) is 2. The van der Waals surface area contributed by atoms with Crippen LogP contribution < -0.4 is 5.32 Å². The second-order valence-corrected chi connectivity index (χ2v) is 6.06. The standard InChI is InChI=1S/C16H22N2O2S/c1-11(16(19)20)6-4-7-12(2)18-14-8-5-9-15(21-3)13(14)10-17/h5,8-9,11-12,18H,4,6-7H2,1-3H3,(H,19,20). The van der Waals surface area contributed by atoms with E-state index in [2.05, 4.69) is 18.3 Å². The van der Waals surface area contributed by atoms with Crippen molar-refractivity contribution < 1.29 is 9.90 Å². The molecule has 114 valence electrons. The normalized spacial score (nSPS) is 13.2. The van der Waals surface area contributed by atoms with Gasteiger partial charge in [0, 0.05) is 10.9 Å². The highest BCUT2D eigenvalue weighted by atomic mass is 32.2. The van der Waals surface area contributed by atoms with Gasteiger partial charge in [0.15, 0.2) is 0 Å². The zero-order valence-electron chi connectivity index (χ0n) is 12.7. The lowest BCUT2D eigenvalue weighted by Crippen LogP contribution is -2.17. The van der Waals surface area contributed by atoms with Gasteiger partial charge >= 0.3 is 5.97 Å². The third-order valence-corrected chi connectivity index (χ3v) is 4.24. The zero-order chi connectivity index (χ0) is 15.8. The number of thioether (sulfide) groups is 1. The molecule has 1 aromatic rings. The van der Waals surface area contributed by atoms with Crippen LogP contribution in [-0.4, -0.2) is 23.4 Å². The Labute approximate surface area is 130 Å². The van der Waals surface area contributed by atoms with E-state index in [4.69, 9.17) is 5.11 Å². The SMILES string of the molecule is CSc1cccc(NC(C)CCCC(C)C(=O)O)c1C#N. The summed E-state index contributed by atoms with van der Waals surface area (Å²) in [5, 5.41) is 21.5. The molecular weight excluding hydrogens is 284 g/mol. The second kappa shape index (κ2) is 8.58. The van der Waals surface area contributed by atoms with Gasteiger partial charge in [-0.2, -0.15) is 5.26 Å². The molecule has 0 fully saturated rings. The average Bonchev–Trinajstić information content (AvgIpc) is 2.46. The number of nitrogens with zero attached hydrogens (tertiary/aromatic N) is 1. The van der Waals surface area contributed by atoms with E-state index in [9.17, 15) is 10.1 Å². The molecule has 2 N–H and O–H groups in total. The number of rotatable bonds is 8. The summed E-state index contributed by atoms with van der Waals surface area (Å²) in [6.45, 7) is 3.79. The Balaban J connectivity index is 2.58. The summed E-state index contributed by atoms with van der Waals surface area (Å²) in [4.78, 5) is 11.7. The van der Waals surface area contributed by atoms with Crippen molar-refractivity contribution in [1.29, 1.82) is 5.26 Å². The summed E-state index contributed by atoms with van der Waals surface area (Å²) in [6.07, 6.45) is 4.37. The predicted octanol–water partition coefficient (Wildman–Crippen LogP) is 3.97. The molecule has 0 aromatic heterocycles. The van der Waals surface area contributed by atoms with Crippen LogP contribution >= 0.6 is 11.8 Å². The van der Waals surface area contributed by atoms with Crippen LogP contribution in [0.25, 0.3) is 0 Å². The number of nitrogens with one attached hydrogen (secondary N) is 1. The number of benzene rings is 1. The molecule has 0 saturated heterocycles. The van der Waals surface area contributed by atoms with E-state index in [-0.39, 0.29) is 12.0 Å². The molecule has 21 heavy (non-hydrogen) atoms. The topological polar surface area (TPSA) is 73.1 Å². The average molecular weight is 306 g/mol. The van der Waals surface area contributed by atoms with E-state index in [0.29, 0.717) is 12.0 Å². The van der Waals surface area contributed by atoms with Gasteiger partial charge in [-0.15, -0.1) is 11.8 Å². The largest absolute Gasteiger partial charge is 0.481 e. The summed E-state index contributed by atoms with van der Waals surface area (Å²) < 4.78 is 0. The van der Waals surface area contributed by atoms with Crippen molar-refractivity contribution >= 4 is 23.4 Å². The number of anilines is 1. The van der Waals surface area contributed by atoms with Gasteiger partial charge in [0.2, 0.25) is 0 Å². The van der Waals surface area contributed by atoms with Gasteiger partial charge in [-0.1, -0.05) is 19.4 Å². The van der Waals surface area contributed by atoms with Crippen molar-refractivity contribution in [2.24, 2.45) is 5.92 Å². The Morgan fingerprint density at radius 1 is 1.43 bits per heavy atom. The van der Waals surface area contributed by atoms with Gasteiger partial charge in [0.05, 0.1) is 17.2 Å². The fourth-order valence-electron chi connectivity index (χ4n) is 2.13. The summed E-state index contributed by atoms with van der Waals surface area (Å²) in [5.74, 6) is -1.04. The number of carbonyl (C=O) groups is 1. The summed E-state index contributed by atoms with van der Waals surface area (Å²) in [5.41, 5.74) is 1.53. The highest BCUT2D eigenvalue weighted by molar-refractivity contribution is 7.98. The Bertz CT molecular complexity index is 525. The van der Waals surface area contributed by atoms with E-state index < -0.39 is 5.97 Å². The molecule has 2 atom stereocenters. The third-order valence-electron chi connectivity index (χ3n) is 3.46. The minimum Gasteiger partial charge on any atom is -0.481 e. The molecule has 5 heteroatoms. The molecule has 0 bridgehead atoms. The Kier molecular flexibility index (Phi) is 7.10. The van der Waals surface area contributed by atoms with Crippen LogP contribution in [0.4, 0.5) is 5.69 Å². The molecule has 1 rings (SSSR count).